The summed E-state index contributed by atoms with van der Waals surface area (Å²) in [6.07, 6.45) is 3.41. The quantitative estimate of drug-likeness (QED) is 0.860. The molecule has 0 bridgehead atoms. The lowest BCUT2D eigenvalue weighted by molar-refractivity contribution is -0.145. The van der Waals surface area contributed by atoms with Gasteiger partial charge in [-0.3, -0.25) is 9.59 Å². The summed E-state index contributed by atoms with van der Waals surface area (Å²) in [5, 5.41) is 3.59. The number of amides is 2. The summed E-state index contributed by atoms with van der Waals surface area (Å²) in [4.78, 5) is 27.1. The Kier molecular flexibility index (Phi) is 4.62. The fourth-order valence-corrected chi connectivity index (χ4v) is 3.26. The first-order chi connectivity index (χ1) is 11.0. The van der Waals surface area contributed by atoms with E-state index in [4.69, 9.17) is 11.6 Å². The van der Waals surface area contributed by atoms with Crippen LogP contribution in [0.4, 0.5) is 0 Å². The van der Waals surface area contributed by atoms with Crippen molar-refractivity contribution in [3.05, 3.63) is 34.9 Å². The Balaban J connectivity index is 1.57. The van der Waals surface area contributed by atoms with Crippen molar-refractivity contribution in [3.63, 3.8) is 0 Å². The maximum absolute atomic E-state index is 12.7. The van der Waals surface area contributed by atoms with Gasteiger partial charge in [-0.05, 0) is 49.3 Å². The largest absolute Gasteiger partial charge is 0.351 e. The first-order valence-electron chi connectivity index (χ1n) is 8.33. The summed E-state index contributed by atoms with van der Waals surface area (Å²) < 4.78 is 0. The average molecular weight is 335 g/mol. The van der Waals surface area contributed by atoms with E-state index in [2.05, 4.69) is 12.2 Å². The summed E-state index contributed by atoms with van der Waals surface area (Å²) in [6.45, 7) is 4.22. The first kappa shape index (κ1) is 16.3. The molecule has 0 atom stereocenters. The zero-order chi connectivity index (χ0) is 16.4. The molecule has 124 valence electrons. The Morgan fingerprint density at radius 3 is 2.39 bits per heavy atom. The third-order valence-corrected chi connectivity index (χ3v) is 5.28. The van der Waals surface area contributed by atoms with Crippen LogP contribution >= 0.6 is 11.6 Å². The molecule has 0 unspecified atom stereocenters. The molecule has 5 heteroatoms. The number of carbonyl (C=O) groups excluding carboxylic acids is 2. The second kappa shape index (κ2) is 6.52. The van der Waals surface area contributed by atoms with Gasteiger partial charge < -0.3 is 10.2 Å². The van der Waals surface area contributed by atoms with E-state index in [1.807, 2.05) is 17.0 Å². The van der Waals surface area contributed by atoms with Crippen LogP contribution in [-0.2, 0) is 16.1 Å². The van der Waals surface area contributed by atoms with E-state index in [9.17, 15) is 9.59 Å². The Labute approximate surface area is 142 Å². The zero-order valence-corrected chi connectivity index (χ0v) is 14.2. The van der Waals surface area contributed by atoms with E-state index in [0.29, 0.717) is 30.3 Å². The minimum atomic E-state index is -0.799. The molecule has 1 heterocycles. The fourth-order valence-electron chi connectivity index (χ4n) is 3.13. The van der Waals surface area contributed by atoms with Gasteiger partial charge in [0, 0.05) is 24.7 Å². The fraction of sp³-hybridized carbons (Fsp3) is 0.556. The van der Waals surface area contributed by atoms with Crippen molar-refractivity contribution in [1.29, 1.82) is 0 Å². The van der Waals surface area contributed by atoms with Gasteiger partial charge in [0.1, 0.15) is 5.41 Å². The maximum atomic E-state index is 12.7. The lowest BCUT2D eigenvalue weighted by atomic mass is 9.96. The molecule has 1 saturated heterocycles. The maximum Gasteiger partial charge on any atom is 0.238 e. The van der Waals surface area contributed by atoms with Crippen LogP contribution in [0.5, 0.6) is 0 Å². The lowest BCUT2D eigenvalue weighted by Crippen LogP contribution is -2.47. The second-order valence-corrected chi connectivity index (χ2v) is 7.30. The normalized spacial score (nSPS) is 20.2. The number of piperidine rings is 1. The highest BCUT2D eigenvalue weighted by Gasteiger charge is 2.57. The number of nitrogens with zero attached hydrogens (tertiary/aromatic N) is 1. The van der Waals surface area contributed by atoms with Gasteiger partial charge in [0.2, 0.25) is 11.8 Å². The van der Waals surface area contributed by atoms with Crippen LogP contribution in [0, 0.1) is 11.3 Å². The standard InChI is InChI=1S/C18H23ClN2O2/c1-13-6-10-21(11-7-13)17(23)18(8-9-18)16(22)20-12-14-2-4-15(19)5-3-14/h2-5,13H,6-12H2,1H3,(H,20,22). The number of rotatable bonds is 4. The molecule has 2 fully saturated rings. The van der Waals surface area contributed by atoms with Gasteiger partial charge in [0.05, 0.1) is 0 Å². The number of hydrogen-bond acceptors (Lipinski definition) is 2. The van der Waals surface area contributed by atoms with Gasteiger partial charge in [-0.25, -0.2) is 0 Å². The van der Waals surface area contributed by atoms with Gasteiger partial charge in [-0.15, -0.1) is 0 Å². The third kappa shape index (κ3) is 3.52. The molecule has 1 aliphatic heterocycles. The molecule has 1 aliphatic carbocycles. The lowest BCUT2D eigenvalue weighted by Gasteiger charge is -2.32. The van der Waals surface area contributed by atoms with Gasteiger partial charge in [-0.1, -0.05) is 30.7 Å². The highest BCUT2D eigenvalue weighted by molar-refractivity contribution is 6.30. The molecule has 23 heavy (non-hydrogen) atoms. The Morgan fingerprint density at radius 1 is 1.22 bits per heavy atom. The van der Waals surface area contributed by atoms with Gasteiger partial charge in [0.25, 0.3) is 0 Å². The van der Waals surface area contributed by atoms with Crippen LogP contribution in [-0.4, -0.2) is 29.8 Å². The zero-order valence-electron chi connectivity index (χ0n) is 13.5. The predicted octanol–water partition coefficient (Wildman–Crippen LogP) is 2.99. The smallest absolute Gasteiger partial charge is 0.238 e. The van der Waals surface area contributed by atoms with E-state index >= 15 is 0 Å². The van der Waals surface area contributed by atoms with Crippen LogP contribution in [0.25, 0.3) is 0 Å². The number of hydrogen-bond donors (Lipinski definition) is 1. The van der Waals surface area contributed by atoms with E-state index in [0.717, 1.165) is 31.5 Å². The molecule has 0 radical (unpaired) electrons. The molecule has 0 aromatic heterocycles. The SMILES string of the molecule is CC1CCN(C(=O)C2(C(=O)NCc3ccc(Cl)cc3)CC2)CC1. The van der Waals surface area contributed by atoms with Crippen molar-refractivity contribution in [1.82, 2.24) is 10.2 Å². The summed E-state index contributed by atoms with van der Waals surface area (Å²) in [5.41, 5.74) is 0.185. The summed E-state index contributed by atoms with van der Waals surface area (Å²) in [6, 6.07) is 7.37. The van der Waals surface area contributed by atoms with Crippen LogP contribution in [0.1, 0.15) is 38.2 Å². The van der Waals surface area contributed by atoms with Gasteiger partial charge >= 0.3 is 0 Å². The Hall–Kier alpha value is -1.55. The number of carbonyl (C=O) groups is 2. The molecule has 1 aromatic carbocycles. The van der Waals surface area contributed by atoms with E-state index in [-0.39, 0.29) is 11.8 Å². The van der Waals surface area contributed by atoms with Gasteiger partial charge in [0.15, 0.2) is 0 Å². The Morgan fingerprint density at radius 2 is 1.83 bits per heavy atom. The van der Waals surface area contributed by atoms with Crippen LogP contribution in [0.3, 0.4) is 0 Å². The molecule has 1 N–H and O–H groups in total. The highest BCUT2D eigenvalue weighted by atomic mass is 35.5. The van der Waals surface area contributed by atoms with Crippen LogP contribution in [0.15, 0.2) is 24.3 Å². The number of nitrogens with one attached hydrogen (secondary N) is 1. The molecule has 2 amide bonds. The minimum absolute atomic E-state index is 0.0259. The number of benzene rings is 1. The molecule has 3 rings (SSSR count). The molecular formula is C18H23ClN2O2. The Bertz CT molecular complexity index is 588. The van der Waals surface area contributed by atoms with E-state index in [1.54, 1.807) is 12.1 Å². The molecular weight excluding hydrogens is 312 g/mol. The number of halogens is 1. The average Bonchev–Trinajstić information content (AvgIpc) is 3.36. The van der Waals surface area contributed by atoms with E-state index < -0.39 is 5.41 Å². The monoisotopic (exact) mass is 334 g/mol. The summed E-state index contributed by atoms with van der Waals surface area (Å²) in [5.74, 6) is 0.571. The summed E-state index contributed by atoms with van der Waals surface area (Å²) in [7, 11) is 0. The summed E-state index contributed by atoms with van der Waals surface area (Å²) >= 11 is 5.86. The van der Waals surface area contributed by atoms with Crippen molar-refractivity contribution in [2.45, 2.75) is 39.2 Å². The first-order valence-corrected chi connectivity index (χ1v) is 8.71. The molecule has 2 aliphatic rings. The van der Waals surface area contributed by atoms with Gasteiger partial charge in [-0.2, -0.15) is 0 Å². The number of likely N-dealkylation sites (tertiary alicyclic amines) is 1. The highest BCUT2D eigenvalue weighted by Crippen LogP contribution is 2.48. The van der Waals surface area contributed by atoms with E-state index in [1.165, 1.54) is 0 Å². The minimum Gasteiger partial charge on any atom is -0.351 e. The van der Waals surface area contributed by atoms with Crippen molar-refractivity contribution < 1.29 is 9.59 Å². The molecule has 1 aromatic rings. The topological polar surface area (TPSA) is 49.4 Å². The van der Waals surface area contributed by atoms with Crippen molar-refractivity contribution in [2.75, 3.05) is 13.1 Å². The van der Waals surface area contributed by atoms with Crippen molar-refractivity contribution >= 4 is 23.4 Å². The van der Waals surface area contributed by atoms with Crippen molar-refractivity contribution in [3.8, 4) is 0 Å². The second-order valence-electron chi connectivity index (χ2n) is 6.87. The molecule has 0 spiro atoms. The molecule has 4 nitrogen and oxygen atoms in total. The van der Waals surface area contributed by atoms with Crippen molar-refractivity contribution in [2.24, 2.45) is 11.3 Å². The van der Waals surface area contributed by atoms with Crippen LogP contribution in [0.2, 0.25) is 5.02 Å². The molecule has 1 saturated carbocycles. The third-order valence-electron chi connectivity index (χ3n) is 5.03. The van der Waals surface area contributed by atoms with Crippen LogP contribution < -0.4 is 5.32 Å². The predicted molar refractivity (Wildman–Crippen MR) is 89.9 cm³/mol.